The summed E-state index contributed by atoms with van der Waals surface area (Å²) >= 11 is 1.59. The van der Waals surface area contributed by atoms with Gasteiger partial charge in [0, 0.05) is 15.6 Å². The number of carbonyl (C=O) groups excluding carboxylic acids is 1. The quantitative estimate of drug-likeness (QED) is 0.668. The maximum absolute atomic E-state index is 11.6. The largest absolute Gasteiger partial charge is 0.294 e. The van der Waals surface area contributed by atoms with E-state index < -0.39 is 0 Å². The van der Waals surface area contributed by atoms with Crippen molar-refractivity contribution in [1.29, 1.82) is 0 Å². The van der Waals surface area contributed by atoms with Crippen LogP contribution in [-0.4, -0.2) is 5.78 Å². The molecule has 2 aromatic rings. The molecule has 0 N–H and O–H groups in total. The molecule has 1 aromatic heterocycles. The Kier molecular flexibility index (Phi) is 2.04. The van der Waals surface area contributed by atoms with Crippen LogP contribution in [0.3, 0.4) is 0 Å². The fourth-order valence-electron chi connectivity index (χ4n) is 2.07. The first-order chi connectivity index (χ1) is 7.77. The second-order valence-electron chi connectivity index (χ2n) is 3.84. The van der Waals surface area contributed by atoms with E-state index in [0.717, 1.165) is 10.4 Å². The third-order valence-electron chi connectivity index (χ3n) is 2.75. The first-order valence-corrected chi connectivity index (χ1v) is 6.00. The molecule has 2 heteroatoms. The number of allylic oxidation sites excluding steroid dienone is 2. The molecular formula is C14H10OS. The van der Waals surface area contributed by atoms with Crippen LogP contribution in [-0.2, 0) is 0 Å². The summed E-state index contributed by atoms with van der Waals surface area (Å²) < 4.78 is 1.19. The summed E-state index contributed by atoms with van der Waals surface area (Å²) in [5, 5.41) is 1.21. The maximum atomic E-state index is 11.6. The molecule has 3 rings (SSSR count). The summed E-state index contributed by atoms with van der Waals surface area (Å²) in [4.78, 5) is 12.5. The average Bonchev–Trinajstić information content (AvgIpc) is 2.50. The minimum atomic E-state index is 0.147. The number of hydrogen-bond acceptors (Lipinski definition) is 2. The number of ketones is 1. The van der Waals surface area contributed by atoms with Gasteiger partial charge in [-0.25, -0.2) is 0 Å². The number of thiophene rings is 1. The standard InChI is InChI=1S/C14H10OS/c1-9(15)14-11-7-3-2-5-10-6-4-8-12(16-14)13(10)11/h2-8H,1H3. The van der Waals surface area contributed by atoms with Crippen molar-refractivity contribution in [1.82, 2.24) is 0 Å². The van der Waals surface area contributed by atoms with Gasteiger partial charge in [-0.2, -0.15) is 0 Å². The molecule has 0 unspecified atom stereocenters. The minimum absolute atomic E-state index is 0.147. The van der Waals surface area contributed by atoms with Crippen LogP contribution in [0.1, 0.15) is 27.7 Å². The first kappa shape index (κ1) is 9.55. The zero-order valence-electron chi connectivity index (χ0n) is 8.86. The van der Waals surface area contributed by atoms with Crippen LogP contribution in [0.25, 0.3) is 22.2 Å². The van der Waals surface area contributed by atoms with Gasteiger partial charge in [-0.3, -0.25) is 4.79 Å². The number of benzene rings is 1. The normalized spacial score (nSPS) is 13.1. The smallest absolute Gasteiger partial charge is 0.170 e. The summed E-state index contributed by atoms with van der Waals surface area (Å²) in [5.74, 6) is 0.147. The number of rotatable bonds is 1. The molecule has 16 heavy (non-hydrogen) atoms. The molecule has 0 saturated carbocycles. The van der Waals surface area contributed by atoms with E-state index >= 15 is 0 Å². The fourth-order valence-corrected chi connectivity index (χ4v) is 3.19. The summed E-state index contributed by atoms with van der Waals surface area (Å²) in [6.45, 7) is 1.63. The van der Waals surface area contributed by atoms with Gasteiger partial charge in [0.1, 0.15) is 0 Å². The summed E-state index contributed by atoms with van der Waals surface area (Å²) in [6.07, 6.45) is 8.13. The molecule has 0 bridgehead atoms. The molecule has 0 aliphatic heterocycles. The van der Waals surface area contributed by atoms with E-state index in [1.165, 1.54) is 15.6 Å². The average molecular weight is 226 g/mol. The Morgan fingerprint density at radius 2 is 2.00 bits per heavy atom. The predicted molar refractivity (Wildman–Crippen MR) is 69.9 cm³/mol. The molecule has 0 fully saturated rings. The molecule has 0 radical (unpaired) electrons. The molecule has 0 saturated heterocycles. The molecule has 1 heterocycles. The maximum Gasteiger partial charge on any atom is 0.170 e. The van der Waals surface area contributed by atoms with Crippen molar-refractivity contribution < 1.29 is 4.79 Å². The SMILES string of the molecule is CC(=O)c1sc2cccc3c2c1C=CC=C3. The van der Waals surface area contributed by atoms with E-state index in [2.05, 4.69) is 18.2 Å². The van der Waals surface area contributed by atoms with E-state index in [0.29, 0.717) is 0 Å². The third kappa shape index (κ3) is 1.27. The lowest BCUT2D eigenvalue weighted by Crippen LogP contribution is -1.89. The highest BCUT2D eigenvalue weighted by Crippen LogP contribution is 2.36. The highest BCUT2D eigenvalue weighted by atomic mass is 32.1. The zero-order chi connectivity index (χ0) is 11.1. The van der Waals surface area contributed by atoms with Crippen molar-refractivity contribution in [3.8, 4) is 0 Å². The Labute approximate surface area is 97.7 Å². The highest BCUT2D eigenvalue weighted by molar-refractivity contribution is 7.21. The molecule has 1 aliphatic carbocycles. The van der Waals surface area contributed by atoms with Crippen molar-refractivity contribution in [3.63, 3.8) is 0 Å². The van der Waals surface area contributed by atoms with Crippen molar-refractivity contribution >= 4 is 39.4 Å². The minimum Gasteiger partial charge on any atom is -0.294 e. The lowest BCUT2D eigenvalue weighted by molar-refractivity contribution is 0.102. The fraction of sp³-hybridized carbons (Fsp3) is 0.0714. The van der Waals surface area contributed by atoms with E-state index in [1.54, 1.807) is 18.3 Å². The van der Waals surface area contributed by atoms with Crippen LogP contribution in [0.2, 0.25) is 0 Å². The van der Waals surface area contributed by atoms with Gasteiger partial charge in [0.25, 0.3) is 0 Å². The lowest BCUT2D eigenvalue weighted by Gasteiger charge is -1.97. The van der Waals surface area contributed by atoms with Crippen LogP contribution in [0.15, 0.2) is 30.4 Å². The van der Waals surface area contributed by atoms with Crippen LogP contribution in [0.5, 0.6) is 0 Å². The van der Waals surface area contributed by atoms with Crippen LogP contribution in [0.4, 0.5) is 0 Å². The van der Waals surface area contributed by atoms with Gasteiger partial charge >= 0.3 is 0 Å². The number of hydrogen-bond donors (Lipinski definition) is 0. The molecule has 0 spiro atoms. The Morgan fingerprint density at radius 1 is 1.19 bits per heavy atom. The second kappa shape index (κ2) is 3.42. The predicted octanol–water partition coefficient (Wildman–Crippen LogP) is 4.14. The van der Waals surface area contributed by atoms with Crippen molar-refractivity contribution in [2.24, 2.45) is 0 Å². The summed E-state index contributed by atoms with van der Waals surface area (Å²) in [6, 6.07) is 6.20. The van der Waals surface area contributed by atoms with Gasteiger partial charge in [0.05, 0.1) is 4.88 Å². The second-order valence-corrected chi connectivity index (χ2v) is 4.89. The summed E-state index contributed by atoms with van der Waals surface area (Å²) in [5.41, 5.74) is 2.27. The van der Waals surface area contributed by atoms with Gasteiger partial charge in [-0.15, -0.1) is 11.3 Å². The molecule has 1 aliphatic rings. The highest BCUT2D eigenvalue weighted by Gasteiger charge is 2.15. The lowest BCUT2D eigenvalue weighted by atomic mass is 10.0. The number of Topliss-reactive ketones (excluding diaryl/α,β-unsaturated/α-hetero) is 1. The van der Waals surface area contributed by atoms with E-state index in [4.69, 9.17) is 0 Å². The summed E-state index contributed by atoms with van der Waals surface area (Å²) in [7, 11) is 0. The Morgan fingerprint density at radius 3 is 2.81 bits per heavy atom. The van der Waals surface area contributed by atoms with Crippen molar-refractivity contribution in [2.45, 2.75) is 6.92 Å². The van der Waals surface area contributed by atoms with Gasteiger partial charge in [0.2, 0.25) is 0 Å². The van der Waals surface area contributed by atoms with Gasteiger partial charge in [0.15, 0.2) is 5.78 Å². The van der Waals surface area contributed by atoms with E-state index in [-0.39, 0.29) is 5.78 Å². The molecule has 78 valence electrons. The van der Waals surface area contributed by atoms with Crippen molar-refractivity contribution in [2.75, 3.05) is 0 Å². The van der Waals surface area contributed by atoms with E-state index in [9.17, 15) is 4.79 Å². The Hall–Kier alpha value is -1.67. The molecular weight excluding hydrogens is 216 g/mol. The monoisotopic (exact) mass is 226 g/mol. The van der Waals surface area contributed by atoms with Crippen LogP contribution in [0, 0.1) is 0 Å². The van der Waals surface area contributed by atoms with Gasteiger partial charge < -0.3 is 0 Å². The Balaban J connectivity index is 2.50. The Bertz CT molecular complexity index is 644. The van der Waals surface area contributed by atoms with Gasteiger partial charge in [-0.1, -0.05) is 36.4 Å². The molecule has 0 atom stereocenters. The van der Waals surface area contributed by atoms with E-state index in [1.807, 2.05) is 24.3 Å². The first-order valence-electron chi connectivity index (χ1n) is 5.18. The molecule has 0 amide bonds. The molecule has 1 nitrogen and oxygen atoms in total. The van der Waals surface area contributed by atoms with Crippen LogP contribution >= 0.6 is 11.3 Å². The number of carbonyl (C=O) groups is 1. The van der Waals surface area contributed by atoms with Crippen molar-refractivity contribution in [3.05, 3.63) is 46.4 Å². The molecule has 1 aromatic carbocycles. The third-order valence-corrected chi connectivity index (χ3v) is 4.03. The van der Waals surface area contributed by atoms with Crippen LogP contribution < -0.4 is 0 Å². The van der Waals surface area contributed by atoms with Gasteiger partial charge in [-0.05, 0) is 18.6 Å². The zero-order valence-corrected chi connectivity index (χ0v) is 9.67. The topological polar surface area (TPSA) is 17.1 Å².